The molecular weight excluding hydrogens is 578 g/mol. The monoisotopic (exact) mass is 598 g/mol. The van der Waals surface area contributed by atoms with Crippen molar-refractivity contribution in [3.63, 3.8) is 0 Å². The van der Waals surface area contributed by atoms with Gasteiger partial charge in [-0.1, -0.05) is 30.0 Å². The van der Waals surface area contributed by atoms with Crippen LogP contribution in [0.5, 0.6) is 0 Å². The molecule has 0 radical (unpaired) electrons. The number of carbonyl (C=O) groups is 4. The molecule has 0 spiro atoms. The third kappa shape index (κ3) is 8.24. The van der Waals surface area contributed by atoms with Gasteiger partial charge < -0.3 is 20.3 Å². The van der Waals surface area contributed by atoms with Gasteiger partial charge in [-0.3, -0.25) is 25.6 Å². The van der Waals surface area contributed by atoms with E-state index >= 15 is 0 Å². The van der Waals surface area contributed by atoms with Crippen LogP contribution in [-0.2, 0) is 24.9 Å². The molecule has 1 fully saturated rings. The first-order chi connectivity index (χ1) is 17.3. The minimum Gasteiger partial charge on any atom is -0.542 e. The molecular formula is C20H21F3N4O6S4. The molecule has 1 aromatic rings. The summed E-state index contributed by atoms with van der Waals surface area (Å²) < 4.78 is 31.5. The standard InChI is InChI=1S/C18H20N4O4S4.C2HF3O2/c1-27-8-12(23)21-13-15(24)22-14(17(25)26)11(7-28-16(13)22)30-10-5-3-2-4-9(10)6-29-18(19)20;3-2(4,5)1(6)7/h2-5,13,16H,6-8H2,1H3,(H3,19,20)(H,21,23)(H,25,26);(H,6,7)/t13-,16-;/m1./s1. The number of carbonyl (C=O) groups excluding carboxylic acids is 3. The van der Waals surface area contributed by atoms with E-state index in [1.54, 1.807) is 6.26 Å². The fourth-order valence-corrected chi connectivity index (χ4v) is 6.64. The van der Waals surface area contributed by atoms with E-state index in [2.05, 4.69) is 5.32 Å². The number of nitrogens with zero attached hydrogens (tertiary/aromatic N) is 1. The summed E-state index contributed by atoms with van der Waals surface area (Å²) in [6.45, 7) is 0. The molecule has 0 unspecified atom stereocenters. The molecule has 0 aliphatic carbocycles. The highest BCUT2D eigenvalue weighted by molar-refractivity contribution is 8.12. The van der Waals surface area contributed by atoms with Crippen LogP contribution in [0.25, 0.3) is 0 Å². The first kappa shape index (κ1) is 30.7. The lowest BCUT2D eigenvalue weighted by Crippen LogP contribution is -2.70. The molecule has 10 nitrogen and oxygen atoms in total. The molecule has 0 aromatic heterocycles. The number of aliphatic carboxylic acids is 2. The van der Waals surface area contributed by atoms with Gasteiger partial charge in [-0.25, -0.2) is 4.79 Å². The summed E-state index contributed by atoms with van der Waals surface area (Å²) in [7, 11) is 0. The number of β-lactam (4-membered cyclic amide) rings is 1. The smallest absolute Gasteiger partial charge is 0.430 e. The van der Waals surface area contributed by atoms with E-state index in [0.29, 0.717) is 16.4 Å². The minimum atomic E-state index is -5.19. The maximum absolute atomic E-state index is 12.6. The van der Waals surface area contributed by atoms with E-state index in [-0.39, 0.29) is 22.5 Å². The second kappa shape index (κ2) is 13.3. The molecule has 2 atom stereocenters. The van der Waals surface area contributed by atoms with Gasteiger partial charge in [0.05, 0.1) is 5.75 Å². The number of nitrogens with two attached hydrogens (primary N) is 2. The van der Waals surface area contributed by atoms with Crippen molar-refractivity contribution in [2.24, 2.45) is 5.73 Å². The first-order valence-corrected chi connectivity index (χ1v) is 14.3. The summed E-state index contributed by atoms with van der Waals surface area (Å²) in [5.74, 6) is -3.55. The Morgan fingerprint density at radius 3 is 2.49 bits per heavy atom. The molecule has 6 N–H and O–H groups in total. The summed E-state index contributed by atoms with van der Waals surface area (Å²) in [6, 6.07) is 6.91. The summed E-state index contributed by atoms with van der Waals surface area (Å²) in [6.07, 6.45) is -3.39. The van der Waals surface area contributed by atoms with E-state index in [9.17, 15) is 32.7 Å². The molecule has 1 aromatic carbocycles. The highest BCUT2D eigenvalue weighted by atomic mass is 32.2. The van der Waals surface area contributed by atoms with Crippen LogP contribution in [0.3, 0.4) is 0 Å². The van der Waals surface area contributed by atoms with Crippen molar-refractivity contribution in [2.45, 2.75) is 28.2 Å². The van der Waals surface area contributed by atoms with Crippen LogP contribution in [0.15, 0.2) is 39.8 Å². The van der Waals surface area contributed by atoms with Crippen LogP contribution in [-0.4, -0.2) is 74.3 Å². The summed E-state index contributed by atoms with van der Waals surface area (Å²) in [5, 5.41) is 26.7. The van der Waals surface area contributed by atoms with E-state index in [4.69, 9.17) is 21.0 Å². The lowest BCUT2D eigenvalue weighted by atomic mass is 10.1. The predicted molar refractivity (Wildman–Crippen MR) is 134 cm³/mol. The lowest BCUT2D eigenvalue weighted by Gasteiger charge is -2.49. The zero-order chi connectivity index (χ0) is 27.9. The first-order valence-electron chi connectivity index (χ1n) is 10.0. The quantitative estimate of drug-likeness (QED) is 0.171. The second-order valence-electron chi connectivity index (χ2n) is 7.15. The Kier molecular flexibility index (Phi) is 11.1. The number of thioether (sulfide) groups is 4. The van der Waals surface area contributed by atoms with Gasteiger partial charge in [-0.05, 0) is 29.6 Å². The van der Waals surface area contributed by atoms with Gasteiger partial charge in [0.2, 0.25) is 5.91 Å². The number of rotatable bonds is 8. The molecule has 0 saturated carbocycles. The second-order valence-corrected chi connectivity index (χ2v) is 11.3. The summed E-state index contributed by atoms with van der Waals surface area (Å²) in [5.41, 5.74) is 6.50. The third-order valence-corrected chi connectivity index (χ3v) is 8.56. The molecule has 1 saturated heterocycles. The summed E-state index contributed by atoms with van der Waals surface area (Å²) in [4.78, 5) is 48.1. The predicted octanol–water partition coefficient (Wildman–Crippen LogP) is -0.557. The topological polar surface area (TPSA) is 178 Å². The van der Waals surface area contributed by atoms with E-state index in [1.807, 2.05) is 24.3 Å². The van der Waals surface area contributed by atoms with Gasteiger partial charge in [0.1, 0.15) is 23.1 Å². The van der Waals surface area contributed by atoms with Gasteiger partial charge in [-0.2, -0.15) is 24.9 Å². The molecule has 0 bridgehead atoms. The maximum atomic E-state index is 12.6. The number of amidine groups is 1. The average molecular weight is 599 g/mol. The van der Waals surface area contributed by atoms with Gasteiger partial charge in [0.25, 0.3) is 11.1 Å². The molecule has 2 aliphatic rings. The van der Waals surface area contributed by atoms with Gasteiger partial charge >= 0.3 is 12.1 Å². The molecule has 2 amide bonds. The Labute approximate surface area is 225 Å². The Balaban J connectivity index is 0.000000604. The number of carboxylic acids is 2. The fourth-order valence-electron chi connectivity index (χ4n) is 3.03. The molecule has 2 heterocycles. The van der Waals surface area contributed by atoms with Crippen molar-refractivity contribution < 1.29 is 48.0 Å². The number of amides is 2. The van der Waals surface area contributed by atoms with Crippen molar-refractivity contribution in [3.05, 3.63) is 40.4 Å². The highest BCUT2D eigenvalue weighted by Crippen LogP contribution is 2.45. The van der Waals surface area contributed by atoms with Crippen LogP contribution in [0.1, 0.15) is 5.56 Å². The van der Waals surface area contributed by atoms with E-state index in [1.165, 1.54) is 51.9 Å². The number of nitrogens with one attached hydrogen (secondary N) is 1. The number of fused-ring (bicyclic) bond motifs is 1. The Morgan fingerprint density at radius 2 is 1.95 bits per heavy atom. The van der Waals surface area contributed by atoms with Crippen molar-refractivity contribution in [1.29, 1.82) is 0 Å². The van der Waals surface area contributed by atoms with E-state index in [0.717, 1.165) is 10.5 Å². The Hall–Kier alpha value is -2.50. The van der Waals surface area contributed by atoms with Crippen LogP contribution in [0.2, 0.25) is 0 Å². The van der Waals surface area contributed by atoms with Gasteiger partial charge in [-0.15, -0.1) is 11.8 Å². The number of halogens is 3. The van der Waals surface area contributed by atoms with Crippen LogP contribution in [0, 0.1) is 0 Å². The van der Waals surface area contributed by atoms with Crippen molar-refractivity contribution in [2.75, 3.05) is 17.8 Å². The fraction of sp³-hybridized carbons (Fsp3) is 0.350. The van der Waals surface area contributed by atoms with Crippen molar-refractivity contribution >= 4 is 76.0 Å². The third-order valence-electron chi connectivity index (χ3n) is 4.56. The molecule has 202 valence electrons. The van der Waals surface area contributed by atoms with Gasteiger partial charge in [0.15, 0.2) is 0 Å². The molecule has 17 heteroatoms. The SMILES string of the molecule is CSCC(=O)N[C@@H]1C(=O)N2C(C(=O)O)=C(Sc3ccccc3CSC(N)=[NH2+])CS[C@H]12.O=C([O-])C(F)(F)F. The number of benzene rings is 1. The highest BCUT2D eigenvalue weighted by Gasteiger charge is 2.54. The van der Waals surface area contributed by atoms with Crippen molar-refractivity contribution in [1.82, 2.24) is 10.2 Å². The number of hydrogen-bond donors (Lipinski definition) is 4. The Morgan fingerprint density at radius 1 is 1.32 bits per heavy atom. The van der Waals surface area contributed by atoms with Crippen LogP contribution < -0.4 is 21.6 Å². The van der Waals surface area contributed by atoms with Crippen LogP contribution in [0.4, 0.5) is 13.2 Å². The zero-order valence-electron chi connectivity index (χ0n) is 18.9. The number of hydrogen-bond acceptors (Lipinski definition) is 9. The normalized spacial score (nSPS) is 18.7. The lowest BCUT2D eigenvalue weighted by molar-refractivity contribution is -0.344. The van der Waals surface area contributed by atoms with Crippen molar-refractivity contribution in [3.8, 4) is 0 Å². The zero-order valence-corrected chi connectivity index (χ0v) is 22.2. The average Bonchev–Trinajstić information content (AvgIpc) is 2.81. The molecule has 37 heavy (non-hydrogen) atoms. The summed E-state index contributed by atoms with van der Waals surface area (Å²) >= 11 is 5.45. The van der Waals surface area contributed by atoms with Gasteiger partial charge in [0, 0.05) is 21.3 Å². The number of alkyl halides is 3. The molecule has 2 aliphatic heterocycles. The van der Waals surface area contributed by atoms with E-state index < -0.39 is 35.4 Å². The minimum absolute atomic E-state index is 0.0172. The Bertz CT molecular complexity index is 1120. The largest absolute Gasteiger partial charge is 0.542 e. The number of carboxylic acid groups (broad SMARTS) is 2. The maximum Gasteiger partial charge on any atom is 0.430 e. The van der Waals surface area contributed by atoms with Crippen LogP contribution >= 0.6 is 47.0 Å². The molecule has 3 rings (SSSR count).